The van der Waals surface area contributed by atoms with E-state index in [-0.39, 0.29) is 0 Å². The molecule has 0 unspecified atom stereocenters. The van der Waals surface area contributed by atoms with Crippen LogP contribution in [-0.4, -0.2) is 19.5 Å². The molecule has 0 fully saturated rings. The predicted molar refractivity (Wildman–Crippen MR) is 295 cm³/mol. The molecular weight excluding hydrogens is 861 g/mol. The normalized spacial score (nSPS) is 11.4. The van der Waals surface area contributed by atoms with Crippen LogP contribution < -0.4 is 0 Å². The van der Waals surface area contributed by atoms with Gasteiger partial charge in [0.2, 0.25) is 0 Å². The molecule has 4 nitrogen and oxygen atoms in total. The second-order valence-electron chi connectivity index (χ2n) is 18.0. The second kappa shape index (κ2) is 17.9. The monoisotopic (exact) mass is 904 g/mol. The van der Waals surface area contributed by atoms with Crippen molar-refractivity contribution in [1.29, 1.82) is 0 Å². The van der Waals surface area contributed by atoms with Crippen molar-refractivity contribution >= 4 is 32.6 Å². The lowest BCUT2D eigenvalue weighted by molar-refractivity contribution is 1.07. The number of para-hydroxylation sites is 2. The average Bonchev–Trinajstić information content (AvgIpc) is 3.80. The molecule has 13 aromatic rings. The summed E-state index contributed by atoms with van der Waals surface area (Å²) in [6.07, 6.45) is 0. The standard InChI is InChI=1S/C67H44N4/c1-2-16-45(17-3-1)49-20-10-22-51(40-49)52-23-11-21-50(41-52)46-36-38-48(39-37-46)65-68-66(70-67(69-65)57-28-13-26-55(43-57)60-33-15-19-47-18-4-5-30-59(47)60)56-27-12-24-53(42-56)54-25-14-29-58(44-54)71-63-34-8-6-31-61(63)62-32-7-9-35-64(62)71/h1-44H. The zero-order chi connectivity index (χ0) is 47.1. The van der Waals surface area contributed by atoms with Crippen molar-refractivity contribution in [2.24, 2.45) is 0 Å². The lowest BCUT2D eigenvalue weighted by atomic mass is 9.96. The topological polar surface area (TPSA) is 43.6 Å². The van der Waals surface area contributed by atoms with Crippen LogP contribution in [0.15, 0.2) is 267 Å². The van der Waals surface area contributed by atoms with E-state index in [1.54, 1.807) is 0 Å². The van der Waals surface area contributed by atoms with Gasteiger partial charge in [-0.2, -0.15) is 0 Å². The molecular formula is C67H44N4. The van der Waals surface area contributed by atoms with Gasteiger partial charge in [0, 0.05) is 33.2 Å². The van der Waals surface area contributed by atoms with Crippen LogP contribution in [0, 0.1) is 0 Å². The molecule has 0 atom stereocenters. The van der Waals surface area contributed by atoms with E-state index in [9.17, 15) is 0 Å². The third-order valence-electron chi connectivity index (χ3n) is 13.6. The van der Waals surface area contributed by atoms with Gasteiger partial charge in [-0.15, -0.1) is 0 Å². The van der Waals surface area contributed by atoms with Crippen molar-refractivity contribution in [2.45, 2.75) is 0 Å². The van der Waals surface area contributed by atoms with Gasteiger partial charge in [0.05, 0.1) is 11.0 Å². The second-order valence-corrected chi connectivity index (χ2v) is 18.0. The zero-order valence-electron chi connectivity index (χ0n) is 38.7. The number of nitrogens with zero attached hydrogens (tertiary/aromatic N) is 4. The summed E-state index contributed by atoms with van der Waals surface area (Å²) in [5, 5.41) is 4.89. The zero-order valence-corrected chi connectivity index (χ0v) is 38.7. The predicted octanol–water partition coefficient (Wildman–Crippen LogP) is 17.5. The Balaban J connectivity index is 0.890. The lowest BCUT2D eigenvalue weighted by Gasteiger charge is -2.13. The van der Waals surface area contributed by atoms with Gasteiger partial charge in [-0.1, -0.05) is 218 Å². The SMILES string of the molecule is c1ccc(-c2cccc(-c3cccc(-c4ccc(-c5nc(-c6cccc(-c7cccc(-n8c9ccccc9c9ccccc98)c7)c6)nc(-c6cccc(-c7cccc8ccccc78)c6)n5)cc4)c3)c2)cc1. The van der Waals surface area contributed by atoms with Gasteiger partial charge in [-0.05, 0) is 115 Å². The van der Waals surface area contributed by atoms with Crippen LogP contribution in [0.25, 0.3) is 128 Å². The van der Waals surface area contributed by atoms with Gasteiger partial charge >= 0.3 is 0 Å². The van der Waals surface area contributed by atoms with Crippen molar-refractivity contribution in [3.63, 3.8) is 0 Å². The summed E-state index contributed by atoms with van der Waals surface area (Å²) in [6, 6.07) is 94.9. The molecule has 0 bridgehead atoms. The van der Waals surface area contributed by atoms with Gasteiger partial charge in [0.15, 0.2) is 17.5 Å². The summed E-state index contributed by atoms with van der Waals surface area (Å²) >= 11 is 0. The van der Waals surface area contributed by atoms with Gasteiger partial charge in [0.25, 0.3) is 0 Å². The Hall–Kier alpha value is -9.51. The van der Waals surface area contributed by atoms with Crippen LogP contribution >= 0.6 is 0 Å². The molecule has 0 radical (unpaired) electrons. The van der Waals surface area contributed by atoms with E-state index in [2.05, 4.69) is 271 Å². The number of benzene rings is 11. The Kier molecular flexibility index (Phi) is 10.5. The third-order valence-corrected chi connectivity index (χ3v) is 13.6. The summed E-state index contributed by atoms with van der Waals surface area (Å²) < 4.78 is 2.36. The molecule has 332 valence electrons. The van der Waals surface area contributed by atoms with E-state index < -0.39 is 0 Å². The molecule has 0 aliphatic carbocycles. The van der Waals surface area contributed by atoms with E-state index in [0.717, 1.165) is 50.2 Å². The minimum atomic E-state index is 0.607. The van der Waals surface area contributed by atoms with E-state index in [1.165, 1.54) is 60.4 Å². The molecule has 0 aliphatic heterocycles. The van der Waals surface area contributed by atoms with Crippen molar-refractivity contribution in [1.82, 2.24) is 19.5 Å². The Labute approximate surface area is 412 Å². The molecule has 0 saturated heterocycles. The number of fused-ring (bicyclic) bond motifs is 4. The Morgan fingerprint density at radius 2 is 0.592 bits per heavy atom. The van der Waals surface area contributed by atoms with Gasteiger partial charge < -0.3 is 4.57 Å². The van der Waals surface area contributed by atoms with Gasteiger partial charge in [-0.25, -0.2) is 15.0 Å². The maximum absolute atomic E-state index is 5.26. The fraction of sp³-hybridized carbons (Fsp3) is 0. The molecule has 0 spiro atoms. The van der Waals surface area contributed by atoms with Gasteiger partial charge in [-0.3, -0.25) is 0 Å². The maximum Gasteiger partial charge on any atom is 0.164 e. The highest BCUT2D eigenvalue weighted by Crippen LogP contribution is 2.37. The Bertz CT molecular complexity index is 4050. The molecule has 2 aromatic heterocycles. The first-order chi connectivity index (χ1) is 35.2. The highest BCUT2D eigenvalue weighted by molar-refractivity contribution is 6.09. The summed E-state index contributed by atoms with van der Waals surface area (Å²) in [5.41, 5.74) is 17.7. The van der Waals surface area contributed by atoms with Crippen LogP contribution in [0.2, 0.25) is 0 Å². The first kappa shape index (κ1) is 41.7. The van der Waals surface area contributed by atoms with E-state index in [1.807, 2.05) is 0 Å². The first-order valence-electron chi connectivity index (χ1n) is 24.1. The molecule has 13 rings (SSSR count). The summed E-state index contributed by atoms with van der Waals surface area (Å²) in [6.45, 7) is 0. The molecule has 11 aromatic carbocycles. The lowest BCUT2D eigenvalue weighted by Crippen LogP contribution is -2.00. The van der Waals surface area contributed by atoms with Crippen LogP contribution in [0.5, 0.6) is 0 Å². The van der Waals surface area contributed by atoms with E-state index >= 15 is 0 Å². The number of hydrogen-bond donors (Lipinski definition) is 0. The smallest absolute Gasteiger partial charge is 0.164 e. The number of aromatic nitrogens is 4. The minimum Gasteiger partial charge on any atom is -0.309 e. The Morgan fingerprint density at radius 1 is 0.225 bits per heavy atom. The van der Waals surface area contributed by atoms with Crippen LogP contribution in [0.4, 0.5) is 0 Å². The summed E-state index contributed by atoms with van der Waals surface area (Å²) in [5.74, 6) is 1.83. The largest absolute Gasteiger partial charge is 0.309 e. The van der Waals surface area contributed by atoms with Gasteiger partial charge in [0.1, 0.15) is 0 Å². The molecule has 2 heterocycles. The van der Waals surface area contributed by atoms with Crippen molar-refractivity contribution in [3.05, 3.63) is 267 Å². The van der Waals surface area contributed by atoms with E-state index in [0.29, 0.717) is 17.5 Å². The summed E-state index contributed by atoms with van der Waals surface area (Å²) in [4.78, 5) is 15.7. The fourth-order valence-electron chi connectivity index (χ4n) is 10.1. The van der Waals surface area contributed by atoms with Crippen LogP contribution in [0.1, 0.15) is 0 Å². The van der Waals surface area contributed by atoms with Crippen molar-refractivity contribution < 1.29 is 0 Å². The number of rotatable bonds is 9. The quantitative estimate of drug-likeness (QED) is 0.145. The molecule has 0 N–H and O–H groups in total. The van der Waals surface area contributed by atoms with Crippen LogP contribution in [0.3, 0.4) is 0 Å². The minimum absolute atomic E-state index is 0.607. The molecule has 4 heteroatoms. The highest BCUT2D eigenvalue weighted by atomic mass is 15.0. The highest BCUT2D eigenvalue weighted by Gasteiger charge is 2.17. The third kappa shape index (κ3) is 7.94. The molecule has 0 saturated carbocycles. The average molecular weight is 905 g/mol. The fourth-order valence-corrected chi connectivity index (χ4v) is 10.1. The van der Waals surface area contributed by atoms with Crippen LogP contribution in [-0.2, 0) is 0 Å². The van der Waals surface area contributed by atoms with Crippen molar-refractivity contribution in [3.8, 4) is 95.5 Å². The van der Waals surface area contributed by atoms with E-state index in [4.69, 9.17) is 15.0 Å². The number of hydrogen-bond acceptors (Lipinski definition) is 3. The molecule has 0 aliphatic rings. The first-order valence-corrected chi connectivity index (χ1v) is 24.1. The van der Waals surface area contributed by atoms with Crippen molar-refractivity contribution in [2.75, 3.05) is 0 Å². The maximum atomic E-state index is 5.26. The molecule has 0 amide bonds. The Morgan fingerprint density at radius 3 is 1.20 bits per heavy atom. The summed E-state index contributed by atoms with van der Waals surface area (Å²) in [7, 11) is 0. The molecule has 71 heavy (non-hydrogen) atoms.